The summed E-state index contributed by atoms with van der Waals surface area (Å²) >= 11 is 0. The van der Waals surface area contributed by atoms with Crippen LogP contribution in [0, 0.1) is 0 Å². The van der Waals surface area contributed by atoms with Crippen LogP contribution >= 0.6 is 0 Å². The molecule has 31 heavy (non-hydrogen) atoms. The molecule has 2 N–H and O–H groups in total. The van der Waals surface area contributed by atoms with E-state index in [0.29, 0.717) is 29.3 Å². The molecule has 10 nitrogen and oxygen atoms in total. The molecule has 10 heteroatoms. The number of esters is 1. The van der Waals surface area contributed by atoms with Crippen LogP contribution < -0.4 is 20.2 Å². The molecule has 4 amide bonds. The second-order valence-electron chi connectivity index (χ2n) is 7.86. The lowest BCUT2D eigenvalue weighted by Gasteiger charge is -2.30. The van der Waals surface area contributed by atoms with Crippen molar-refractivity contribution >= 4 is 23.8 Å². The van der Waals surface area contributed by atoms with Gasteiger partial charge in [-0.15, -0.1) is 0 Å². The van der Waals surface area contributed by atoms with Crippen molar-refractivity contribution in [1.82, 2.24) is 15.8 Å². The van der Waals surface area contributed by atoms with Crippen molar-refractivity contribution in [2.45, 2.75) is 57.6 Å². The lowest BCUT2D eigenvalue weighted by atomic mass is 9.82. The zero-order valence-electron chi connectivity index (χ0n) is 17.9. The molecule has 3 rings (SSSR count). The second kappa shape index (κ2) is 9.23. The van der Waals surface area contributed by atoms with Gasteiger partial charge in [0, 0.05) is 0 Å². The molecule has 1 heterocycles. The number of imide groups is 1. The maximum atomic E-state index is 12.7. The van der Waals surface area contributed by atoms with Gasteiger partial charge >= 0.3 is 12.0 Å². The van der Waals surface area contributed by atoms with Crippen LogP contribution in [-0.4, -0.2) is 54.2 Å². The Morgan fingerprint density at radius 2 is 1.87 bits per heavy atom. The monoisotopic (exact) mass is 433 g/mol. The number of carbonyl (C=O) groups is 4. The van der Waals surface area contributed by atoms with Crippen molar-refractivity contribution in [2.75, 3.05) is 13.7 Å². The lowest BCUT2D eigenvalue weighted by molar-refractivity contribution is -0.140. The van der Waals surface area contributed by atoms with Crippen LogP contribution in [0.15, 0.2) is 18.2 Å². The third-order valence-electron chi connectivity index (χ3n) is 5.20. The van der Waals surface area contributed by atoms with Crippen LogP contribution in [-0.2, 0) is 14.3 Å². The van der Waals surface area contributed by atoms with Crippen molar-refractivity contribution < 1.29 is 33.4 Å². The van der Waals surface area contributed by atoms with E-state index >= 15 is 0 Å². The van der Waals surface area contributed by atoms with E-state index in [2.05, 4.69) is 10.7 Å². The van der Waals surface area contributed by atoms with Gasteiger partial charge in [0.25, 0.3) is 11.8 Å². The maximum Gasteiger partial charge on any atom is 0.344 e. The van der Waals surface area contributed by atoms with Crippen LogP contribution in [0.1, 0.15) is 56.3 Å². The number of ether oxygens (including phenoxy) is 3. The van der Waals surface area contributed by atoms with E-state index in [1.807, 2.05) is 13.8 Å². The fourth-order valence-corrected chi connectivity index (χ4v) is 3.73. The van der Waals surface area contributed by atoms with Gasteiger partial charge in [-0.25, -0.2) is 9.59 Å². The van der Waals surface area contributed by atoms with E-state index in [-0.39, 0.29) is 11.7 Å². The Kier molecular flexibility index (Phi) is 6.67. The minimum Gasteiger partial charge on any atom is -0.493 e. The number of carbonyl (C=O) groups excluding carboxylic acids is 4. The van der Waals surface area contributed by atoms with Crippen LogP contribution in [0.5, 0.6) is 11.5 Å². The molecule has 1 saturated heterocycles. The lowest BCUT2D eigenvalue weighted by Crippen LogP contribution is -2.51. The van der Waals surface area contributed by atoms with Crippen molar-refractivity contribution in [3.8, 4) is 11.5 Å². The predicted molar refractivity (Wildman–Crippen MR) is 108 cm³/mol. The Morgan fingerprint density at radius 1 is 1.16 bits per heavy atom. The average Bonchev–Trinajstić information content (AvgIpc) is 2.96. The van der Waals surface area contributed by atoms with Gasteiger partial charge < -0.3 is 19.5 Å². The Labute approximate surface area is 180 Å². The number of nitrogens with one attached hydrogen (secondary N) is 2. The van der Waals surface area contributed by atoms with Crippen molar-refractivity contribution in [3.63, 3.8) is 0 Å². The first-order valence-corrected chi connectivity index (χ1v) is 10.2. The summed E-state index contributed by atoms with van der Waals surface area (Å²) in [6.45, 7) is 3.07. The van der Waals surface area contributed by atoms with Gasteiger partial charge in [-0.2, -0.15) is 5.01 Å². The first-order chi connectivity index (χ1) is 14.8. The molecule has 0 radical (unpaired) electrons. The summed E-state index contributed by atoms with van der Waals surface area (Å²) < 4.78 is 15.8. The highest BCUT2D eigenvalue weighted by molar-refractivity contribution is 6.08. The number of rotatable bonds is 7. The van der Waals surface area contributed by atoms with E-state index < -0.39 is 36.0 Å². The molecule has 1 saturated carbocycles. The van der Waals surface area contributed by atoms with Gasteiger partial charge in [0.1, 0.15) is 5.54 Å². The maximum absolute atomic E-state index is 12.7. The summed E-state index contributed by atoms with van der Waals surface area (Å²) in [4.78, 5) is 49.3. The second-order valence-corrected chi connectivity index (χ2v) is 7.86. The summed E-state index contributed by atoms with van der Waals surface area (Å²) in [5.41, 5.74) is 1.44. The Bertz CT molecular complexity index is 878. The normalized spacial score (nSPS) is 17.5. The standard InChI is InChI=1S/C21H27N3O7/c1-13(2)31-15-8-7-14(11-16(15)29-3)18(26)30-12-17(25)23-24-19(27)21(22-20(24)28)9-5-4-6-10-21/h7-8,11,13H,4-6,9-10,12H2,1-3H3,(H,22,28)(H,23,25). The van der Waals surface area contributed by atoms with Gasteiger partial charge in [0.05, 0.1) is 18.8 Å². The first kappa shape index (κ1) is 22.4. The van der Waals surface area contributed by atoms with E-state index in [0.717, 1.165) is 19.3 Å². The largest absolute Gasteiger partial charge is 0.493 e. The molecule has 0 aromatic heterocycles. The number of hydrazine groups is 1. The van der Waals surface area contributed by atoms with E-state index in [9.17, 15) is 19.2 Å². The Balaban J connectivity index is 1.56. The molecular weight excluding hydrogens is 406 g/mol. The molecule has 168 valence electrons. The summed E-state index contributed by atoms with van der Waals surface area (Å²) in [6.07, 6.45) is 3.66. The van der Waals surface area contributed by atoms with Gasteiger partial charge in [-0.3, -0.25) is 15.0 Å². The summed E-state index contributed by atoms with van der Waals surface area (Å²) in [5.74, 6) is -1.21. The highest BCUT2D eigenvalue weighted by Gasteiger charge is 2.52. The van der Waals surface area contributed by atoms with E-state index in [4.69, 9.17) is 14.2 Å². The molecule has 1 aromatic rings. The van der Waals surface area contributed by atoms with Gasteiger partial charge in [0.15, 0.2) is 18.1 Å². The first-order valence-electron chi connectivity index (χ1n) is 10.2. The van der Waals surface area contributed by atoms with Crippen LogP contribution in [0.2, 0.25) is 0 Å². The van der Waals surface area contributed by atoms with Gasteiger partial charge in [-0.1, -0.05) is 19.3 Å². The van der Waals surface area contributed by atoms with E-state index in [1.165, 1.54) is 19.2 Å². The molecule has 0 atom stereocenters. The molecule has 0 bridgehead atoms. The average molecular weight is 433 g/mol. The summed E-state index contributed by atoms with van der Waals surface area (Å²) in [5, 5.41) is 3.35. The number of hydrogen-bond acceptors (Lipinski definition) is 7. The number of amides is 4. The number of methoxy groups -OCH3 is 1. The fourth-order valence-electron chi connectivity index (χ4n) is 3.73. The SMILES string of the molecule is COc1cc(C(=O)OCC(=O)NN2C(=O)NC3(CCCCC3)C2=O)ccc1OC(C)C. The summed E-state index contributed by atoms with van der Waals surface area (Å²) in [6, 6.07) is 3.83. The van der Waals surface area contributed by atoms with Crippen molar-refractivity contribution in [3.05, 3.63) is 23.8 Å². The van der Waals surface area contributed by atoms with Gasteiger partial charge in [0.2, 0.25) is 0 Å². The minimum atomic E-state index is -0.949. The van der Waals surface area contributed by atoms with Gasteiger partial charge in [-0.05, 0) is 44.9 Å². The number of benzene rings is 1. The molecule has 1 aliphatic heterocycles. The smallest absolute Gasteiger partial charge is 0.344 e. The third-order valence-corrected chi connectivity index (χ3v) is 5.20. The zero-order valence-corrected chi connectivity index (χ0v) is 17.9. The predicted octanol–water partition coefficient (Wildman–Crippen LogP) is 1.93. The third kappa shape index (κ3) is 4.89. The minimum absolute atomic E-state index is 0.0753. The Morgan fingerprint density at radius 3 is 2.52 bits per heavy atom. The van der Waals surface area contributed by atoms with Crippen LogP contribution in [0.4, 0.5) is 4.79 Å². The molecule has 1 aromatic carbocycles. The van der Waals surface area contributed by atoms with Crippen LogP contribution in [0.3, 0.4) is 0 Å². The fraction of sp³-hybridized carbons (Fsp3) is 0.524. The zero-order chi connectivity index (χ0) is 22.6. The Hall–Kier alpha value is -3.30. The summed E-state index contributed by atoms with van der Waals surface area (Å²) in [7, 11) is 1.45. The molecule has 1 spiro atoms. The van der Waals surface area contributed by atoms with E-state index in [1.54, 1.807) is 6.07 Å². The number of hydrogen-bond donors (Lipinski definition) is 2. The molecule has 0 unspecified atom stereocenters. The number of urea groups is 1. The van der Waals surface area contributed by atoms with Crippen LogP contribution in [0.25, 0.3) is 0 Å². The highest BCUT2D eigenvalue weighted by atomic mass is 16.5. The quantitative estimate of drug-likeness (QED) is 0.497. The molecule has 2 aliphatic rings. The topological polar surface area (TPSA) is 123 Å². The van der Waals surface area contributed by atoms with Crippen molar-refractivity contribution in [2.24, 2.45) is 0 Å². The molecule has 2 fully saturated rings. The molecular formula is C21H27N3O7. The highest BCUT2D eigenvalue weighted by Crippen LogP contribution is 2.33. The molecule has 1 aliphatic carbocycles. The van der Waals surface area contributed by atoms with Crippen molar-refractivity contribution in [1.29, 1.82) is 0 Å². The number of nitrogens with zero attached hydrogens (tertiary/aromatic N) is 1.